The first-order chi connectivity index (χ1) is 9.36. The lowest BCUT2D eigenvalue weighted by Crippen LogP contribution is -2.35. The average molecular weight is 316 g/mol. The summed E-state index contributed by atoms with van der Waals surface area (Å²) >= 11 is 0. The predicted molar refractivity (Wildman–Crippen MR) is 76.0 cm³/mol. The molecular formula is C12H16N2O4S2. The van der Waals surface area contributed by atoms with Gasteiger partial charge in [-0.15, -0.1) is 0 Å². The molecule has 8 heteroatoms. The summed E-state index contributed by atoms with van der Waals surface area (Å²) in [7, 11) is -6.77. The molecule has 1 unspecified atom stereocenters. The highest BCUT2D eigenvalue weighted by atomic mass is 32.2. The van der Waals surface area contributed by atoms with Crippen LogP contribution < -0.4 is 10.0 Å². The summed E-state index contributed by atoms with van der Waals surface area (Å²) in [5.74, 6) is -0.0681. The molecule has 2 N–H and O–H groups in total. The fourth-order valence-corrected chi connectivity index (χ4v) is 5.69. The van der Waals surface area contributed by atoms with Gasteiger partial charge < -0.3 is 5.32 Å². The number of sulfone groups is 1. The van der Waals surface area contributed by atoms with Crippen LogP contribution in [0.3, 0.4) is 0 Å². The van der Waals surface area contributed by atoms with Crippen molar-refractivity contribution in [2.45, 2.75) is 23.8 Å². The van der Waals surface area contributed by atoms with Gasteiger partial charge in [-0.2, -0.15) is 0 Å². The van der Waals surface area contributed by atoms with Crippen molar-refractivity contribution in [3.63, 3.8) is 0 Å². The second kappa shape index (κ2) is 4.71. The Balaban J connectivity index is 1.82. The maximum atomic E-state index is 12.3. The van der Waals surface area contributed by atoms with Gasteiger partial charge in [-0.3, -0.25) is 0 Å². The number of hydrogen-bond acceptors (Lipinski definition) is 5. The number of rotatable bonds is 3. The Hall–Kier alpha value is -1.12. The van der Waals surface area contributed by atoms with Gasteiger partial charge in [0.25, 0.3) is 0 Å². The summed E-state index contributed by atoms with van der Waals surface area (Å²) in [5.41, 5.74) is 1.94. The van der Waals surface area contributed by atoms with E-state index >= 15 is 0 Å². The van der Waals surface area contributed by atoms with E-state index in [4.69, 9.17) is 0 Å². The van der Waals surface area contributed by atoms with E-state index < -0.39 is 25.9 Å². The maximum Gasteiger partial charge on any atom is 0.240 e. The van der Waals surface area contributed by atoms with Crippen LogP contribution in [0.5, 0.6) is 0 Å². The summed E-state index contributed by atoms with van der Waals surface area (Å²) < 4.78 is 49.8. The molecule has 2 aliphatic rings. The van der Waals surface area contributed by atoms with E-state index in [2.05, 4.69) is 10.0 Å². The minimum absolute atomic E-state index is 0.0475. The van der Waals surface area contributed by atoms with Gasteiger partial charge in [0, 0.05) is 18.3 Å². The normalized spacial score (nSPS) is 24.3. The van der Waals surface area contributed by atoms with Crippen molar-refractivity contribution in [2.75, 3.05) is 23.4 Å². The minimum Gasteiger partial charge on any atom is -0.384 e. The predicted octanol–water partition coefficient (Wildman–Crippen LogP) is 0.120. The van der Waals surface area contributed by atoms with Gasteiger partial charge >= 0.3 is 0 Å². The molecule has 2 heterocycles. The number of hydrogen-bond donors (Lipinski definition) is 2. The van der Waals surface area contributed by atoms with Crippen LogP contribution in [0, 0.1) is 0 Å². The highest BCUT2D eigenvalue weighted by Crippen LogP contribution is 2.25. The van der Waals surface area contributed by atoms with Gasteiger partial charge in [0.2, 0.25) is 10.0 Å². The number of sulfonamides is 1. The molecule has 1 fully saturated rings. The second-order valence-electron chi connectivity index (χ2n) is 5.22. The fraction of sp³-hybridized carbons (Fsp3) is 0.500. The van der Waals surface area contributed by atoms with Gasteiger partial charge in [-0.05, 0) is 30.5 Å². The summed E-state index contributed by atoms with van der Waals surface area (Å²) in [4.78, 5) is 0.176. The van der Waals surface area contributed by atoms with Crippen LogP contribution >= 0.6 is 0 Å². The van der Waals surface area contributed by atoms with E-state index in [1.807, 2.05) is 0 Å². The summed E-state index contributed by atoms with van der Waals surface area (Å²) in [6, 6.07) is 4.45. The second-order valence-corrected chi connectivity index (χ2v) is 9.16. The topological polar surface area (TPSA) is 92.3 Å². The van der Waals surface area contributed by atoms with E-state index in [0.29, 0.717) is 6.42 Å². The Morgan fingerprint density at radius 3 is 2.80 bits per heavy atom. The van der Waals surface area contributed by atoms with Gasteiger partial charge in [-0.1, -0.05) is 6.07 Å². The van der Waals surface area contributed by atoms with E-state index in [9.17, 15) is 16.8 Å². The molecule has 2 aliphatic heterocycles. The van der Waals surface area contributed by atoms with Crippen molar-refractivity contribution in [3.05, 3.63) is 23.8 Å². The summed E-state index contributed by atoms with van der Waals surface area (Å²) in [6.45, 7) is 0.813. The van der Waals surface area contributed by atoms with Gasteiger partial charge in [0.1, 0.15) is 0 Å². The van der Waals surface area contributed by atoms with E-state index in [1.54, 1.807) is 18.2 Å². The smallest absolute Gasteiger partial charge is 0.240 e. The third-order valence-electron chi connectivity index (χ3n) is 3.66. The van der Waals surface area contributed by atoms with Crippen LogP contribution in [0.15, 0.2) is 23.1 Å². The van der Waals surface area contributed by atoms with Crippen LogP contribution in [0.1, 0.15) is 12.0 Å². The largest absolute Gasteiger partial charge is 0.384 e. The zero-order valence-corrected chi connectivity index (χ0v) is 12.4. The Morgan fingerprint density at radius 2 is 2.10 bits per heavy atom. The molecule has 0 spiro atoms. The monoisotopic (exact) mass is 316 g/mol. The highest BCUT2D eigenvalue weighted by molar-refractivity contribution is 7.92. The summed E-state index contributed by atoms with van der Waals surface area (Å²) in [6.07, 6.45) is 1.23. The molecular weight excluding hydrogens is 300 g/mol. The van der Waals surface area contributed by atoms with Crippen molar-refractivity contribution < 1.29 is 16.8 Å². The lowest BCUT2D eigenvalue weighted by atomic mass is 10.2. The molecule has 3 rings (SSSR count). The zero-order valence-electron chi connectivity index (χ0n) is 10.8. The lowest BCUT2D eigenvalue weighted by Gasteiger charge is -2.12. The van der Waals surface area contributed by atoms with Crippen molar-refractivity contribution in [3.8, 4) is 0 Å². The van der Waals surface area contributed by atoms with Crippen molar-refractivity contribution in [1.82, 2.24) is 4.72 Å². The Bertz CT molecular complexity index is 741. The Kier molecular flexibility index (Phi) is 3.26. The lowest BCUT2D eigenvalue weighted by molar-refractivity contribution is 0.562. The Labute approximate surface area is 118 Å². The summed E-state index contributed by atoms with van der Waals surface area (Å²) in [5, 5.41) is 3.13. The van der Waals surface area contributed by atoms with Crippen LogP contribution in [-0.4, -0.2) is 40.9 Å². The van der Waals surface area contributed by atoms with Crippen molar-refractivity contribution in [1.29, 1.82) is 0 Å². The molecule has 0 radical (unpaired) electrons. The standard InChI is InChI=1S/C12H16N2O4S2/c15-19(16)6-4-10(8-19)14-20(17,18)11-2-1-9-3-5-13-12(9)7-11/h1-2,7,10,13-14H,3-6,8H2. The molecule has 6 nitrogen and oxygen atoms in total. The molecule has 1 aromatic rings. The highest BCUT2D eigenvalue weighted by Gasteiger charge is 2.31. The molecule has 20 heavy (non-hydrogen) atoms. The number of anilines is 1. The molecule has 1 saturated heterocycles. The molecule has 0 aliphatic carbocycles. The molecule has 1 aromatic carbocycles. The first-order valence-electron chi connectivity index (χ1n) is 6.45. The quantitative estimate of drug-likeness (QED) is 0.826. The maximum absolute atomic E-state index is 12.3. The molecule has 0 amide bonds. The van der Waals surface area contributed by atoms with Crippen molar-refractivity contribution >= 4 is 25.5 Å². The molecule has 1 atom stereocenters. The third-order valence-corrected chi connectivity index (χ3v) is 6.94. The van der Waals surface area contributed by atoms with Gasteiger partial charge in [0.15, 0.2) is 9.84 Å². The SMILES string of the molecule is O=S1(=O)CCC(NS(=O)(=O)c2ccc3c(c2)NCC3)C1. The van der Waals surface area contributed by atoms with Crippen LogP contribution in [-0.2, 0) is 26.3 Å². The molecule has 0 aromatic heterocycles. The van der Waals surface area contributed by atoms with Crippen LogP contribution in [0.2, 0.25) is 0 Å². The number of benzene rings is 1. The van der Waals surface area contributed by atoms with Gasteiger partial charge in [-0.25, -0.2) is 21.6 Å². The fourth-order valence-electron chi connectivity index (χ4n) is 2.61. The Morgan fingerprint density at radius 1 is 1.30 bits per heavy atom. The zero-order chi connectivity index (χ0) is 14.4. The number of fused-ring (bicyclic) bond motifs is 1. The van der Waals surface area contributed by atoms with Gasteiger partial charge in [0.05, 0.1) is 16.4 Å². The molecule has 0 bridgehead atoms. The first-order valence-corrected chi connectivity index (χ1v) is 9.76. The van der Waals surface area contributed by atoms with Crippen LogP contribution in [0.4, 0.5) is 5.69 Å². The minimum atomic E-state index is -3.67. The molecule has 110 valence electrons. The first kappa shape index (κ1) is 13.8. The van der Waals surface area contributed by atoms with Crippen LogP contribution in [0.25, 0.3) is 0 Å². The van der Waals surface area contributed by atoms with E-state index in [0.717, 1.165) is 24.2 Å². The average Bonchev–Trinajstić information content (AvgIpc) is 2.94. The molecule has 0 saturated carbocycles. The van der Waals surface area contributed by atoms with E-state index in [1.165, 1.54) is 0 Å². The number of nitrogens with one attached hydrogen (secondary N) is 2. The van der Waals surface area contributed by atoms with Crippen molar-refractivity contribution in [2.24, 2.45) is 0 Å². The van der Waals surface area contributed by atoms with E-state index in [-0.39, 0.29) is 16.4 Å². The third kappa shape index (κ3) is 2.68.